The second-order valence-corrected chi connectivity index (χ2v) is 6.12. The normalized spacial score (nSPS) is 27.8. The van der Waals surface area contributed by atoms with E-state index in [4.69, 9.17) is 19.9 Å². The molecule has 116 valence electrons. The Labute approximate surface area is 126 Å². The van der Waals surface area contributed by atoms with E-state index in [1.54, 1.807) is 0 Å². The van der Waals surface area contributed by atoms with Gasteiger partial charge in [-0.05, 0) is 55.3 Å². The topological polar surface area (TPSA) is 53.7 Å². The minimum atomic E-state index is 0.291. The maximum absolute atomic E-state index is 6.19. The minimum Gasteiger partial charge on any atom is -0.454 e. The lowest BCUT2D eigenvalue weighted by molar-refractivity contribution is -0.0333. The second-order valence-electron chi connectivity index (χ2n) is 6.12. The third-order valence-electron chi connectivity index (χ3n) is 4.82. The number of fused-ring (bicyclic) bond motifs is 1. The standard InChI is InChI=1S/C17H25NO3/c1-2-12-3-5-14(9-18)16(7-12)19-10-13-4-6-15-17(8-13)21-11-20-15/h4,6,8,12,14,16H,2-3,5,7,9-11,18H2,1H3. The van der Waals surface area contributed by atoms with Crippen LogP contribution in [0.4, 0.5) is 0 Å². The van der Waals surface area contributed by atoms with Crippen molar-refractivity contribution in [3.63, 3.8) is 0 Å². The van der Waals surface area contributed by atoms with Crippen LogP contribution in [0.5, 0.6) is 11.5 Å². The summed E-state index contributed by atoms with van der Waals surface area (Å²) >= 11 is 0. The van der Waals surface area contributed by atoms with E-state index >= 15 is 0 Å². The van der Waals surface area contributed by atoms with Crippen molar-refractivity contribution in [1.29, 1.82) is 0 Å². The zero-order chi connectivity index (χ0) is 14.7. The zero-order valence-corrected chi connectivity index (χ0v) is 12.7. The SMILES string of the molecule is CCC1CCC(CN)C(OCc2ccc3c(c2)OCO3)C1. The van der Waals surface area contributed by atoms with Crippen molar-refractivity contribution in [2.75, 3.05) is 13.3 Å². The Balaban J connectivity index is 1.60. The Kier molecular flexibility index (Phi) is 4.66. The Bertz CT molecular complexity index is 477. The lowest BCUT2D eigenvalue weighted by Gasteiger charge is -2.35. The Morgan fingerprint density at radius 2 is 2.10 bits per heavy atom. The van der Waals surface area contributed by atoms with Gasteiger partial charge in [-0.3, -0.25) is 0 Å². The van der Waals surface area contributed by atoms with Crippen LogP contribution in [0.15, 0.2) is 18.2 Å². The van der Waals surface area contributed by atoms with E-state index in [9.17, 15) is 0 Å². The van der Waals surface area contributed by atoms with Crippen LogP contribution in [0.2, 0.25) is 0 Å². The van der Waals surface area contributed by atoms with Crippen LogP contribution in [0.1, 0.15) is 38.2 Å². The molecule has 21 heavy (non-hydrogen) atoms. The van der Waals surface area contributed by atoms with Crippen molar-refractivity contribution in [3.8, 4) is 11.5 Å². The second kappa shape index (κ2) is 6.67. The van der Waals surface area contributed by atoms with Gasteiger partial charge in [-0.25, -0.2) is 0 Å². The molecule has 1 aliphatic heterocycles. The molecule has 0 spiro atoms. The highest BCUT2D eigenvalue weighted by Gasteiger charge is 2.29. The predicted molar refractivity (Wildman–Crippen MR) is 81.3 cm³/mol. The largest absolute Gasteiger partial charge is 0.454 e. The average Bonchev–Trinajstić information content (AvgIpc) is 3.00. The Morgan fingerprint density at radius 1 is 1.24 bits per heavy atom. The van der Waals surface area contributed by atoms with E-state index in [1.807, 2.05) is 18.2 Å². The van der Waals surface area contributed by atoms with Crippen molar-refractivity contribution in [2.24, 2.45) is 17.6 Å². The summed E-state index contributed by atoms with van der Waals surface area (Å²) in [6, 6.07) is 6.02. The Hall–Kier alpha value is -1.26. The Morgan fingerprint density at radius 3 is 2.90 bits per heavy atom. The van der Waals surface area contributed by atoms with E-state index in [0.29, 0.717) is 25.4 Å². The van der Waals surface area contributed by atoms with Gasteiger partial charge >= 0.3 is 0 Å². The molecule has 1 aromatic carbocycles. The van der Waals surface area contributed by atoms with Gasteiger partial charge in [0.2, 0.25) is 6.79 Å². The number of rotatable bonds is 5. The van der Waals surface area contributed by atoms with Crippen molar-refractivity contribution >= 4 is 0 Å². The molecule has 4 heteroatoms. The third kappa shape index (κ3) is 3.33. The van der Waals surface area contributed by atoms with Gasteiger partial charge < -0.3 is 19.9 Å². The molecule has 0 bridgehead atoms. The minimum absolute atomic E-state index is 0.291. The number of hydrogen-bond donors (Lipinski definition) is 1. The van der Waals surface area contributed by atoms with E-state index in [2.05, 4.69) is 6.92 Å². The fourth-order valence-electron chi connectivity index (χ4n) is 3.35. The molecule has 1 aromatic rings. The van der Waals surface area contributed by atoms with E-state index < -0.39 is 0 Å². The van der Waals surface area contributed by atoms with Crippen LogP contribution in [0.3, 0.4) is 0 Å². The van der Waals surface area contributed by atoms with Gasteiger partial charge in [0.05, 0.1) is 12.7 Å². The lowest BCUT2D eigenvalue weighted by atomic mass is 9.78. The monoisotopic (exact) mass is 291 g/mol. The molecule has 2 aliphatic rings. The number of benzene rings is 1. The number of nitrogens with two attached hydrogens (primary N) is 1. The molecule has 1 heterocycles. The summed E-state index contributed by atoms with van der Waals surface area (Å²) in [5.41, 5.74) is 7.04. The van der Waals surface area contributed by atoms with Gasteiger partial charge in [0, 0.05) is 0 Å². The summed E-state index contributed by atoms with van der Waals surface area (Å²) in [6.07, 6.45) is 5.16. The fraction of sp³-hybridized carbons (Fsp3) is 0.647. The molecule has 2 N–H and O–H groups in total. The van der Waals surface area contributed by atoms with Crippen molar-refractivity contribution in [1.82, 2.24) is 0 Å². The van der Waals surface area contributed by atoms with Crippen molar-refractivity contribution in [2.45, 2.75) is 45.3 Å². The summed E-state index contributed by atoms with van der Waals surface area (Å²) in [6.45, 7) is 3.93. The molecule has 1 saturated carbocycles. The maximum atomic E-state index is 6.19. The molecule has 3 rings (SSSR count). The summed E-state index contributed by atoms with van der Waals surface area (Å²) < 4.78 is 16.9. The van der Waals surface area contributed by atoms with Crippen LogP contribution < -0.4 is 15.2 Å². The molecule has 0 radical (unpaired) electrons. The molecule has 1 fully saturated rings. The van der Waals surface area contributed by atoms with Gasteiger partial charge in [-0.1, -0.05) is 19.4 Å². The molecule has 3 unspecified atom stereocenters. The molecular weight excluding hydrogens is 266 g/mol. The summed E-state index contributed by atoms with van der Waals surface area (Å²) in [4.78, 5) is 0. The number of ether oxygens (including phenoxy) is 3. The summed E-state index contributed by atoms with van der Waals surface area (Å²) in [5, 5.41) is 0. The molecular formula is C17H25NO3. The summed E-state index contributed by atoms with van der Waals surface area (Å²) in [7, 11) is 0. The first-order chi connectivity index (χ1) is 10.3. The average molecular weight is 291 g/mol. The summed E-state index contributed by atoms with van der Waals surface area (Å²) in [5.74, 6) is 2.93. The van der Waals surface area contributed by atoms with Crippen molar-refractivity contribution < 1.29 is 14.2 Å². The van der Waals surface area contributed by atoms with Gasteiger partial charge in [0.15, 0.2) is 11.5 Å². The van der Waals surface area contributed by atoms with Gasteiger partial charge in [0.25, 0.3) is 0 Å². The fourth-order valence-corrected chi connectivity index (χ4v) is 3.35. The predicted octanol–water partition coefficient (Wildman–Crippen LogP) is 3.09. The highest BCUT2D eigenvalue weighted by Crippen LogP contribution is 2.35. The van der Waals surface area contributed by atoms with Crippen LogP contribution in [-0.2, 0) is 11.3 Å². The maximum Gasteiger partial charge on any atom is 0.231 e. The number of hydrogen-bond acceptors (Lipinski definition) is 4. The molecule has 0 amide bonds. The van der Waals surface area contributed by atoms with Gasteiger partial charge in [0.1, 0.15) is 0 Å². The quantitative estimate of drug-likeness (QED) is 0.905. The first kappa shape index (κ1) is 14.7. The molecule has 4 nitrogen and oxygen atoms in total. The van der Waals surface area contributed by atoms with E-state index in [-0.39, 0.29) is 0 Å². The smallest absolute Gasteiger partial charge is 0.231 e. The van der Waals surface area contributed by atoms with Gasteiger partial charge in [-0.2, -0.15) is 0 Å². The van der Waals surface area contributed by atoms with Gasteiger partial charge in [-0.15, -0.1) is 0 Å². The first-order valence-electron chi connectivity index (χ1n) is 8.00. The van der Waals surface area contributed by atoms with E-state index in [1.165, 1.54) is 19.3 Å². The van der Waals surface area contributed by atoms with Crippen LogP contribution in [0, 0.1) is 11.8 Å². The van der Waals surface area contributed by atoms with Crippen LogP contribution in [-0.4, -0.2) is 19.4 Å². The zero-order valence-electron chi connectivity index (χ0n) is 12.7. The van der Waals surface area contributed by atoms with E-state index in [0.717, 1.165) is 35.9 Å². The third-order valence-corrected chi connectivity index (χ3v) is 4.82. The molecule has 0 saturated heterocycles. The highest BCUT2D eigenvalue weighted by molar-refractivity contribution is 5.44. The highest BCUT2D eigenvalue weighted by atomic mass is 16.7. The molecule has 3 atom stereocenters. The molecule has 1 aliphatic carbocycles. The first-order valence-corrected chi connectivity index (χ1v) is 8.00. The van der Waals surface area contributed by atoms with Crippen LogP contribution in [0.25, 0.3) is 0 Å². The van der Waals surface area contributed by atoms with Crippen LogP contribution >= 0.6 is 0 Å². The molecule has 0 aromatic heterocycles. The lowest BCUT2D eigenvalue weighted by Crippen LogP contribution is -2.36. The van der Waals surface area contributed by atoms with Crippen molar-refractivity contribution in [3.05, 3.63) is 23.8 Å².